The number of piperazine rings is 1. The van der Waals surface area contributed by atoms with Gasteiger partial charge in [0, 0.05) is 50.4 Å². The van der Waals surface area contributed by atoms with E-state index in [1.807, 2.05) is 49.4 Å². The van der Waals surface area contributed by atoms with Crippen molar-refractivity contribution < 1.29 is 9.72 Å². The second-order valence-electron chi connectivity index (χ2n) is 6.64. The molecule has 1 aliphatic rings. The van der Waals surface area contributed by atoms with Gasteiger partial charge in [0.05, 0.1) is 11.0 Å². The summed E-state index contributed by atoms with van der Waals surface area (Å²) in [6.07, 6.45) is 0. The Morgan fingerprint density at radius 1 is 1.00 bits per heavy atom. The molecule has 1 unspecified atom stereocenters. The molecule has 0 amide bonds. The third kappa shape index (κ3) is 6.01. The molecule has 1 atom stereocenters. The van der Waals surface area contributed by atoms with Crippen molar-refractivity contribution in [3.8, 4) is 0 Å². The van der Waals surface area contributed by atoms with Gasteiger partial charge in [0.25, 0.3) is 5.69 Å². The molecule has 8 heteroatoms. The summed E-state index contributed by atoms with van der Waals surface area (Å²) in [5, 5.41) is 10.7. The molecule has 1 aliphatic heterocycles. The van der Waals surface area contributed by atoms with Crippen LogP contribution in [-0.4, -0.2) is 52.7 Å². The van der Waals surface area contributed by atoms with E-state index in [0.29, 0.717) is 0 Å². The van der Waals surface area contributed by atoms with Crippen molar-refractivity contribution in [3.63, 3.8) is 0 Å². The van der Waals surface area contributed by atoms with Crippen LogP contribution < -0.4 is 0 Å². The van der Waals surface area contributed by atoms with Crippen molar-refractivity contribution >= 4 is 36.3 Å². The maximum atomic E-state index is 12.6. The molecule has 0 N–H and O–H groups in total. The molecular formula is C20H25Cl2N3O3. The highest BCUT2D eigenvalue weighted by molar-refractivity contribution is 5.99. The largest absolute Gasteiger partial charge is 0.297 e. The number of halogens is 2. The van der Waals surface area contributed by atoms with Gasteiger partial charge in [-0.25, -0.2) is 0 Å². The Morgan fingerprint density at radius 3 is 2.11 bits per heavy atom. The van der Waals surface area contributed by atoms with Gasteiger partial charge < -0.3 is 0 Å². The average molecular weight is 426 g/mol. The zero-order chi connectivity index (χ0) is 18.5. The van der Waals surface area contributed by atoms with Crippen LogP contribution in [-0.2, 0) is 6.54 Å². The van der Waals surface area contributed by atoms with Crippen LogP contribution in [0.3, 0.4) is 0 Å². The molecule has 2 aromatic rings. The highest BCUT2D eigenvalue weighted by atomic mass is 35.5. The van der Waals surface area contributed by atoms with Gasteiger partial charge in [-0.3, -0.25) is 24.7 Å². The van der Waals surface area contributed by atoms with E-state index in [2.05, 4.69) is 9.80 Å². The molecule has 0 saturated carbocycles. The maximum absolute atomic E-state index is 12.6. The number of Topliss-reactive ketones (excluding diaryl/α,β-unsaturated/α-hetero) is 1. The third-order valence-electron chi connectivity index (χ3n) is 4.95. The smallest absolute Gasteiger partial charge is 0.269 e. The fourth-order valence-electron chi connectivity index (χ4n) is 3.30. The quantitative estimate of drug-likeness (QED) is 0.399. The molecule has 1 saturated heterocycles. The third-order valence-corrected chi connectivity index (χ3v) is 4.95. The van der Waals surface area contributed by atoms with Crippen LogP contribution in [0, 0.1) is 10.1 Å². The Hall–Kier alpha value is -1.99. The molecule has 0 spiro atoms. The number of hydrogen-bond donors (Lipinski definition) is 0. The lowest BCUT2D eigenvalue weighted by molar-refractivity contribution is -0.384. The van der Waals surface area contributed by atoms with Crippen LogP contribution in [0.15, 0.2) is 54.6 Å². The summed E-state index contributed by atoms with van der Waals surface area (Å²) in [5.74, 6) is 0.161. The van der Waals surface area contributed by atoms with Crippen LogP contribution in [0.5, 0.6) is 0 Å². The van der Waals surface area contributed by atoms with E-state index in [1.165, 1.54) is 0 Å². The van der Waals surface area contributed by atoms with E-state index in [0.717, 1.165) is 43.9 Å². The predicted molar refractivity (Wildman–Crippen MR) is 115 cm³/mol. The number of hydrogen-bond acceptors (Lipinski definition) is 5. The first-order valence-corrected chi connectivity index (χ1v) is 8.83. The molecule has 3 rings (SSSR count). The summed E-state index contributed by atoms with van der Waals surface area (Å²) in [6, 6.07) is 16.0. The van der Waals surface area contributed by atoms with Crippen LogP contribution in [0.2, 0.25) is 0 Å². The zero-order valence-electron chi connectivity index (χ0n) is 15.7. The van der Waals surface area contributed by atoms with E-state index >= 15 is 0 Å². The van der Waals surface area contributed by atoms with E-state index < -0.39 is 0 Å². The van der Waals surface area contributed by atoms with Crippen molar-refractivity contribution in [2.75, 3.05) is 26.2 Å². The molecule has 0 radical (unpaired) electrons. The van der Waals surface area contributed by atoms with E-state index in [4.69, 9.17) is 0 Å². The Morgan fingerprint density at radius 2 is 1.57 bits per heavy atom. The van der Waals surface area contributed by atoms with E-state index in [1.54, 1.807) is 12.1 Å². The van der Waals surface area contributed by atoms with E-state index in [9.17, 15) is 14.9 Å². The number of benzene rings is 2. The zero-order valence-corrected chi connectivity index (χ0v) is 17.3. The predicted octanol–water partition coefficient (Wildman–Crippen LogP) is 3.83. The Balaban J connectivity index is 0.00000196. The molecule has 28 heavy (non-hydrogen) atoms. The fraction of sp³-hybridized carbons (Fsp3) is 0.350. The summed E-state index contributed by atoms with van der Waals surface area (Å²) < 4.78 is 0. The number of nitro groups is 1. The van der Waals surface area contributed by atoms with Crippen LogP contribution in [0.1, 0.15) is 22.8 Å². The van der Waals surface area contributed by atoms with Crippen molar-refractivity contribution in [1.82, 2.24) is 9.80 Å². The monoisotopic (exact) mass is 425 g/mol. The van der Waals surface area contributed by atoms with Crippen LogP contribution in [0.4, 0.5) is 5.69 Å². The minimum atomic E-state index is -0.381. The van der Waals surface area contributed by atoms with Gasteiger partial charge in [0.1, 0.15) is 0 Å². The number of ketones is 1. The molecule has 1 heterocycles. The molecule has 0 bridgehead atoms. The van der Waals surface area contributed by atoms with Crippen molar-refractivity contribution in [2.45, 2.75) is 19.5 Å². The Labute approximate surface area is 177 Å². The van der Waals surface area contributed by atoms with Crippen LogP contribution >= 0.6 is 24.8 Å². The van der Waals surface area contributed by atoms with Gasteiger partial charge in [0.15, 0.2) is 5.78 Å². The highest BCUT2D eigenvalue weighted by Crippen LogP contribution is 2.16. The molecule has 1 fully saturated rings. The Bertz CT molecular complexity index is 764. The van der Waals surface area contributed by atoms with Crippen molar-refractivity contribution in [3.05, 3.63) is 75.8 Å². The van der Waals surface area contributed by atoms with Gasteiger partial charge in [-0.15, -0.1) is 24.8 Å². The normalized spacial score (nSPS) is 15.8. The lowest BCUT2D eigenvalue weighted by Gasteiger charge is -2.37. The van der Waals surface area contributed by atoms with Gasteiger partial charge in [-0.05, 0) is 12.5 Å². The van der Waals surface area contributed by atoms with Gasteiger partial charge in [-0.1, -0.05) is 42.5 Å². The average Bonchev–Trinajstić information content (AvgIpc) is 2.68. The number of non-ortho nitro benzene ring substituents is 1. The Kier molecular flexibility index (Phi) is 9.55. The SMILES string of the molecule is CC(C(=O)c1ccccc1)N1CCN(Cc2ccc([N+](=O)[O-])cc2)CC1.Cl.Cl. The first-order valence-electron chi connectivity index (χ1n) is 8.83. The number of rotatable bonds is 6. The summed E-state index contributed by atoms with van der Waals surface area (Å²) in [5.41, 5.74) is 1.94. The molecule has 0 aromatic heterocycles. The lowest BCUT2D eigenvalue weighted by Crippen LogP contribution is -2.51. The van der Waals surface area contributed by atoms with E-state index in [-0.39, 0.29) is 47.2 Å². The molecule has 2 aromatic carbocycles. The summed E-state index contributed by atoms with van der Waals surface area (Å²) in [7, 11) is 0. The minimum Gasteiger partial charge on any atom is -0.297 e. The molecular weight excluding hydrogens is 401 g/mol. The number of nitro benzene ring substituents is 1. The highest BCUT2D eigenvalue weighted by Gasteiger charge is 2.26. The number of carbonyl (C=O) groups is 1. The standard InChI is InChI=1S/C20H23N3O3.2ClH/c1-16(20(24)18-5-3-2-4-6-18)22-13-11-21(12-14-22)15-17-7-9-19(10-8-17)23(25)26;;/h2-10,16H,11-15H2,1H3;2*1H. The minimum absolute atomic E-state index is 0. The van der Waals surface area contributed by atoms with Crippen molar-refractivity contribution in [2.24, 2.45) is 0 Å². The maximum Gasteiger partial charge on any atom is 0.269 e. The summed E-state index contributed by atoms with van der Waals surface area (Å²) in [4.78, 5) is 27.5. The summed E-state index contributed by atoms with van der Waals surface area (Å²) in [6.45, 7) is 6.18. The van der Waals surface area contributed by atoms with Gasteiger partial charge in [-0.2, -0.15) is 0 Å². The van der Waals surface area contributed by atoms with Crippen molar-refractivity contribution in [1.29, 1.82) is 0 Å². The topological polar surface area (TPSA) is 66.7 Å². The van der Waals surface area contributed by atoms with Gasteiger partial charge in [0.2, 0.25) is 0 Å². The molecule has 152 valence electrons. The number of carbonyl (C=O) groups excluding carboxylic acids is 1. The number of nitrogens with zero attached hydrogens (tertiary/aromatic N) is 3. The summed E-state index contributed by atoms with van der Waals surface area (Å²) >= 11 is 0. The fourth-order valence-corrected chi connectivity index (χ4v) is 3.30. The first kappa shape index (κ1) is 24.0. The van der Waals surface area contributed by atoms with Crippen LogP contribution in [0.25, 0.3) is 0 Å². The van der Waals surface area contributed by atoms with Gasteiger partial charge >= 0.3 is 0 Å². The molecule has 6 nitrogen and oxygen atoms in total. The molecule has 0 aliphatic carbocycles. The second-order valence-corrected chi connectivity index (χ2v) is 6.64. The lowest BCUT2D eigenvalue weighted by atomic mass is 10.0. The first-order chi connectivity index (χ1) is 12.5. The second kappa shape index (κ2) is 11.1.